The lowest BCUT2D eigenvalue weighted by Gasteiger charge is -2.34. The number of nitrogens with zero attached hydrogens (tertiary/aromatic N) is 2. The molecule has 0 spiro atoms. The summed E-state index contributed by atoms with van der Waals surface area (Å²) < 4.78 is 19.5. The van der Waals surface area contributed by atoms with Crippen LogP contribution < -0.4 is 0 Å². The molecule has 7 heteroatoms. The van der Waals surface area contributed by atoms with Crippen molar-refractivity contribution >= 4 is 33.2 Å². The highest BCUT2D eigenvalue weighted by Crippen LogP contribution is 2.28. The Kier molecular flexibility index (Phi) is 4.01. The van der Waals surface area contributed by atoms with Crippen LogP contribution in [0.2, 0.25) is 0 Å². The number of benzene rings is 1. The first-order valence-corrected chi connectivity index (χ1v) is 8.74. The van der Waals surface area contributed by atoms with Gasteiger partial charge in [-0.2, -0.15) is 0 Å². The first-order valence-electron chi connectivity index (χ1n) is 7.92. The number of carbonyl (C=O) groups is 2. The molecular weight excluding hydrogens is 343 g/mol. The Balaban J connectivity index is 1.45. The summed E-state index contributed by atoms with van der Waals surface area (Å²) in [4.78, 5) is 28.9. The van der Waals surface area contributed by atoms with Gasteiger partial charge in [-0.3, -0.25) is 9.59 Å². The predicted molar refractivity (Wildman–Crippen MR) is 92.3 cm³/mol. The van der Waals surface area contributed by atoms with Crippen LogP contribution in [0.3, 0.4) is 0 Å². The highest BCUT2D eigenvalue weighted by atomic mass is 32.1. The molecule has 4 rings (SSSR count). The third kappa shape index (κ3) is 2.91. The number of hydrogen-bond donors (Lipinski definition) is 0. The lowest BCUT2D eigenvalue weighted by molar-refractivity contribution is 0.0537. The fourth-order valence-electron chi connectivity index (χ4n) is 2.97. The molecule has 1 aromatic carbocycles. The van der Waals surface area contributed by atoms with Crippen LogP contribution >= 0.6 is 11.3 Å². The normalized spacial score (nSPS) is 14.9. The van der Waals surface area contributed by atoms with E-state index >= 15 is 0 Å². The number of thiophene rings is 1. The highest BCUT2D eigenvalue weighted by molar-refractivity contribution is 7.20. The van der Waals surface area contributed by atoms with E-state index < -0.39 is 0 Å². The molecule has 5 nitrogen and oxygen atoms in total. The molecule has 128 valence electrons. The van der Waals surface area contributed by atoms with E-state index in [1.165, 1.54) is 29.9 Å². The van der Waals surface area contributed by atoms with Gasteiger partial charge in [-0.15, -0.1) is 11.3 Å². The maximum Gasteiger partial charge on any atom is 0.264 e. The van der Waals surface area contributed by atoms with Gasteiger partial charge in [0, 0.05) is 36.3 Å². The second-order valence-electron chi connectivity index (χ2n) is 5.86. The molecule has 1 fully saturated rings. The first kappa shape index (κ1) is 15.8. The van der Waals surface area contributed by atoms with Gasteiger partial charge in [0.05, 0.1) is 16.7 Å². The molecule has 0 aliphatic carbocycles. The molecular formula is C18H15FN2O3S. The average molecular weight is 358 g/mol. The van der Waals surface area contributed by atoms with Gasteiger partial charge >= 0.3 is 0 Å². The zero-order chi connectivity index (χ0) is 17.4. The summed E-state index contributed by atoms with van der Waals surface area (Å²) in [6, 6.07) is 8.08. The minimum Gasteiger partial charge on any atom is -0.472 e. The van der Waals surface area contributed by atoms with Crippen molar-refractivity contribution in [2.24, 2.45) is 0 Å². The van der Waals surface area contributed by atoms with Crippen molar-refractivity contribution in [3.05, 3.63) is 59.1 Å². The van der Waals surface area contributed by atoms with Crippen LogP contribution in [0.15, 0.2) is 47.3 Å². The molecule has 1 aliphatic rings. The molecule has 0 saturated carbocycles. The lowest BCUT2D eigenvalue weighted by atomic mass is 10.2. The predicted octanol–water partition coefficient (Wildman–Crippen LogP) is 3.23. The summed E-state index contributed by atoms with van der Waals surface area (Å²) in [5.74, 6) is -0.524. The van der Waals surface area contributed by atoms with Gasteiger partial charge in [0.15, 0.2) is 0 Å². The lowest BCUT2D eigenvalue weighted by Crippen LogP contribution is -2.50. The number of fused-ring (bicyclic) bond motifs is 1. The number of carbonyl (C=O) groups excluding carboxylic acids is 2. The Labute approximate surface area is 147 Å². The Morgan fingerprint density at radius 2 is 1.76 bits per heavy atom. The Morgan fingerprint density at radius 1 is 1.04 bits per heavy atom. The van der Waals surface area contributed by atoms with Gasteiger partial charge < -0.3 is 14.2 Å². The van der Waals surface area contributed by atoms with E-state index in [0.29, 0.717) is 42.0 Å². The van der Waals surface area contributed by atoms with Gasteiger partial charge in [0.1, 0.15) is 12.1 Å². The van der Waals surface area contributed by atoms with Gasteiger partial charge in [-0.25, -0.2) is 4.39 Å². The summed E-state index contributed by atoms with van der Waals surface area (Å²) in [5.41, 5.74) is 0.514. The summed E-state index contributed by atoms with van der Waals surface area (Å²) in [6.07, 6.45) is 2.89. The van der Waals surface area contributed by atoms with Crippen molar-refractivity contribution in [1.82, 2.24) is 9.80 Å². The SMILES string of the molecule is O=C(c1ccoc1)N1CCN(C(=O)c2cc3c(F)cccc3s2)CC1. The Bertz CT molecular complexity index is 927. The molecule has 25 heavy (non-hydrogen) atoms. The summed E-state index contributed by atoms with van der Waals surface area (Å²) in [7, 11) is 0. The third-order valence-electron chi connectivity index (χ3n) is 4.34. The summed E-state index contributed by atoms with van der Waals surface area (Å²) in [5, 5.41) is 0.477. The number of furan rings is 1. The van der Waals surface area contributed by atoms with Crippen LogP contribution in [0.5, 0.6) is 0 Å². The highest BCUT2D eigenvalue weighted by Gasteiger charge is 2.27. The molecule has 1 saturated heterocycles. The van der Waals surface area contributed by atoms with Crippen LogP contribution in [0.25, 0.3) is 10.1 Å². The molecule has 0 atom stereocenters. The monoisotopic (exact) mass is 358 g/mol. The van der Waals surface area contributed by atoms with E-state index in [9.17, 15) is 14.0 Å². The number of amides is 2. The van der Waals surface area contributed by atoms with Crippen molar-refractivity contribution < 1.29 is 18.4 Å². The fourth-order valence-corrected chi connectivity index (χ4v) is 4.01. The number of piperazine rings is 1. The summed E-state index contributed by atoms with van der Waals surface area (Å²) in [6.45, 7) is 1.85. The van der Waals surface area contributed by atoms with Crippen molar-refractivity contribution in [3.63, 3.8) is 0 Å². The first-order chi connectivity index (χ1) is 12.1. The number of halogens is 1. The van der Waals surface area contributed by atoms with E-state index in [1.54, 1.807) is 34.1 Å². The molecule has 3 aromatic rings. The molecule has 0 N–H and O–H groups in total. The van der Waals surface area contributed by atoms with Crippen molar-refractivity contribution in [3.8, 4) is 0 Å². The van der Waals surface area contributed by atoms with Gasteiger partial charge in [-0.05, 0) is 24.3 Å². The molecule has 2 aromatic heterocycles. The second kappa shape index (κ2) is 6.33. The number of hydrogen-bond acceptors (Lipinski definition) is 4. The van der Waals surface area contributed by atoms with Crippen molar-refractivity contribution in [2.75, 3.05) is 26.2 Å². The molecule has 0 radical (unpaired) electrons. The molecule has 0 unspecified atom stereocenters. The van der Waals surface area contributed by atoms with Gasteiger partial charge in [-0.1, -0.05) is 6.07 Å². The molecule has 3 heterocycles. The van der Waals surface area contributed by atoms with E-state index in [2.05, 4.69) is 0 Å². The zero-order valence-corrected chi connectivity index (χ0v) is 14.1. The van der Waals surface area contributed by atoms with Crippen molar-refractivity contribution in [2.45, 2.75) is 0 Å². The van der Waals surface area contributed by atoms with Gasteiger partial charge in [0.2, 0.25) is 0 Å². The topological polar surface area (TPSA) is 53.8 Å². The Hall–Kier alpha value is -2.67. The molecule has 2 amide bonds. The third-order valence-corrected chi connectivity index (χ3v) is 5.43. The minimum absolute atomic E-state index is 0.0928. The van der Waals surface area contributed by atoms with Crippen LogP contribution in [-0.2, 0) is 0 Å². The van der Waals surface area contributed by atoms with Crippen LogP contribution in [0, 0.1) is 5.82 Å². The van der Waals surface area contributed by atoms with E-state index in [4.69, 9.17) is 4.42 Å². The van der Waals surface area contributed by atoms with Crippen molar-refractivity contribution in [1.29, 1.82) is 0 Å². The van der Waals surface area contributed by atoms with Crippen LogP contribution in [0.1, 0.15) is 20.0 Å². The summed E-state index contributed by atoms with van der Waals surface area (Å²) >= 11 is 1.29. The standard InChI is InChI=1S/C18H15FN2O3S/c19-14-2-1-3-15-13(14)10-16(25-15)18(23)21-7-5-20(6-8-21)17(22)12-4-9-24-11-12/h1-4,9-11H,5-8H2. The quantitative estimate of drug-likeness (QED) is 0.707. The van der Waals surface area contributed by atoms with E-state index in [0.717, 1.165) is 4.70 Å². The Morgan fingerprint density at radius 3 is 2.40 bits per heavy atom. The van der Waals surface area contributed by atoms with Gasteiger partial charge in [0.25, 0.3) is 11.8 Å². The number of rotatable bonds is 2. The van der Waals surface area contributed by atoms with Crippen LogP contribution in [-0.4, -0.2) is 47.8 Å². The maximum atomic E-state index is 13.8. The minimum atomic E-state index is -0.316. The molecule has 0 bridgehead atoms. The zero-order valence-electron chi connectivity index (χ0n) is 13.3. The van der Waals surface area contributed by atoms with Crippen LogP contribution in [0.4, 0.5) is 4.39 Å². The van der Waals surface area contributed by atoms with E-state index in [1.807, 2.05) is 0 Å². The fraction of sp³-hybridized carbons (Fsp3) is 0.222. The average Bonchev–Trinajstić information content (AvgIpc) is 3.31. The largest absolute Gasteiger partial charge is 0.472 e. The maximum absolute atomic E-state index is 13.8. The smallest absolute Gasteiger partial charge is 0.264 e. The molecule has 1 aliphatic heterocycles. The van der Waals surface area contributed by atoms with E-state index in [-0.39, 0.29) is 17.6 Å². The second-order valence-corrected chi connectivity index (χ2v) is 6.94.